The van der Waals surface area contributed by atoms with E-state index in [1.54, 1.807) is 12.1 Å². The van der Waals surface area contributed by atoms with Crippen molar-refractivity contribution in [2.75, 3.05) is 17.6 Å². The van der Waals surface area contributed by atoms with E-state index in [4.69, 9.17) is 0 Å². The quantitative estimate of drug-likeness (QED) is 0.330. The number of halogens is 1. The van der Waals surface area contributed by atoms with Gasteiger partial charge in [0.1, 0.15) is 11.6 Å². The molecule has 0 spiro atoms. The number of hydrogen-bond acceptors (Lipinski definition) is 5. The van der Waals surface area contributed by atoms with Crippen molar-refractivity contribution in [3.63, 3.8) is 0 Å². The van der Waals surface area contributed by atoms with Crippen LogP contribution in [0.25, 0.3) is 0 Å². The van der Waals surface area contributed by atoms with Crippen LogP contribution in [0.2, 0.25) is 0 Å². The van der Waals surface area contributed by atoms with Crippen LogP contribution in [0.15, 0.2) is 66.3 Å². The molecular weight excluding hydrogens is 441 g/mol. The Kier molecular flexibility index (Phi) is 8.77. The van der Waals surface area contributed by atoms with Crippen molar-refractivity contribution in [3.8, 4) is 0 Å². The Balaban J connectivity index is 1.57. The highest BCUT2D eigenvalue weighted by atomic mass is 32.2. The second-order valence-corrected chi connectivity index (χ2v) is 8.07. The Labute approximate surface area is 196 Å². The van der Waals surface area contributed by atoms with E-state index >= 15 is 0 Å². The maximum atomic E-state index is 13.8. The number of thioether (sulfide) groups is 1. The van der Waals surface area contributed by atoms with Gasteiger partial charge in [-0.25, -0.2) is 4.39 Å². The predicted octanol–water partition coefficient (Wildman–Crippen LogP) is 3.87. The van der Waals surface area contributed by atoms with Crippen LogP contribution < -0.4 is 10.6 Å². The first-order valence-electron chi connectivity index (χ1n) is 10.6. The zero-order chi connectivity index (χ0) is 23.6. The first-order chi connectivity index (χ1) is 16.0. The number of aryl methyl sites for hydroxylation is 1. The molecule has 0 bridgehead atoms. The van der Waals surface area contributed by atoms with Crippen molar-refractivity contribution in [3.05, 3.63) is 84.0 Å². The highest BCUT2D eigenvalue weighted by molar-refractivity contribution is 7.99. The van der Waals surface area contributed by atoms with Crippen molar-refractivity contribution in [2.45, 2.75) is 31.5 Å². The molecule has 0 saturated carbocycles. The molecule has 7 nitrogen and oxygen atoms in total. The van der Waals surface area contributed by atoms with E-state index in [1.807, 2.05) is 35.8 Å². The van der Waals surface area contributed by atoms with E-state index in [-0.39, 0.29) is 23.8 Å². The summed E-state index contributed by atoms with van der Waals surface area (Å²) in [4.78, 5) is 24.6. The lowest BCUT2D eigenvalue weighted by Gasteiger charge is -2.10. The molecular formula is C24H26FN5O2S. The summed E-state index contributed by atoms with van der Waals surface area (Å²) < 4.78 is 15.6. The zero-order valence-electron chi connectivity index (χ0n) is 18.4. The number of anilines is 1. The second kappa shape index (κ2) is 12.0. The summed E-state index contributed by atoms with van der Waals surface area (Å²) in [6.45, 7) is 6.54. The number of para-hydroxylation sites is 1. The van der Waals surface area contributed by atoms with Crippen LogP contribution in [0.4, 0.5) is 10.1 Å². The lowest BCUT2D eigenvalue weighted by molar-refractivity contribution is -0.113. The highest BCUT2D eigenvalue weighted by Crippen LogP contribution is 2.20. The van der Waals surface area contributed by atoms with Crippen LogP contribution in [0, 0.1) is 5.82 Å². The van der Waals surface area contributed by atoms with Crippen LogP contribution in [0.1, 0.15) is 28.7 Å². The highest BCUT2D eigenvalue weighted by Gasteiger charge is 2.15. The predicted molar refractivity (Wildman–Crippen MR) is 128 cm³/mol. The summed E-state index contributed by atoms with van der Waals surface area (Å²) in [5, 5.41) is 14.6. The summed E-state index contributed by atoms with van der Waals surface area (Å²) in [6.07, 6.45) is 2.94. The van der Waals surface area contributed by atoms with Crippen LogP contribution >= 0.6 is 11.8 Å². The SMILES string of the molecule is C=CCn1c(CCNC(=O)c2ccccc2F)nnc1SCC(=O)Nc1ccccc1CC. The third-order valence-electron chi connectivity index (χ3n) is 4.86. The molecule has 2 N–H and O–H groups in total. The number of hydrogen-bond donors (Lipinski definition) is 2. The monoisotopic (exact) mass is 467 g/mol. The first kappa shape index (κ1) is 24.2. The van der Waals surface area contributed by atoms with Gasteiger partial charge in [-0.1, -0.05) is 55.1 Å². The largest absolute Gasteiger partial charge is 0.351 e. The van der Waals surface area contributed by atoms with Crippen molar-refractivity contribution in [2.24, 2.45) is 0 Å². The summed E-state index contributed by atoms with van der Waals surface area (Å²) in [6, 6.07) is 13.5. The molecule has 2 aromatic carbocycles. The van der Waals surface area contributed by atoms with E-state index in [9.17, 15) is 14.0 Å². The Morgan fingerprint density at radius 1 is 1.15 bits per heavy atom. The van der Waals surface area contributed by atoms with E-state index in [0.717, 1.165) is 17.7 Å². The molecule has 3 rings (SSSR count). The number of amides is 2. The average molecular weight is 468 g/mol. The van der Waals surface area contributed by atoms with Gasteiger partial charge in [0.05, 0.1) is 11.3 Å². The molecule has 0 saturated heterocycles. The van der Waals surface area contributed by atoms with E-state index < -0.39 is 11.7 Å². The number of nitrogens with zero attached hydrogens (tertiary/aromatic N) is 3. The number of carbonyl (C=O) groups is 2. The van der Waals surface area contributed by atoms with Crippen LogP contribution in [0.3, 0.4) is 0 Å². The lowest BCUT2D eigenvalue weighted by atomic mass is 10.1. The number of nitrogens with one attached hydrogen (secondary N) is 2. The fourth-order valence-corrected chi connectivity index (χ4v) is 3.99. The maximum Gasteiger partial charge on any atom is 0.254 e. The molecule has 9 heteroatoms. The smallest absolute Gasteiger partial charge is 0.254 e. The molecule has 0 aliphatic rings. The number of benzene rings is 2. The van der Waals surface area contributed by atoms with Gasteiger partial charge in [-0.15, -0.1) is 16.8 Å². The molecule has 0 atom stereocenters. The molecule has 33 heavy (non-hydrogen) atoms. The molecule has 3 aromatic rings. The number of aromatic nitrogens is 3. The molecule has 2 amide bonds. The third-order valence-corrected chi connectivity index (χ3v) is 5.83. The summed E-state index contributed by atoms with van der Waals surface area (Å²) in [7, 11) is 0. The standard InChI is InChI=1S/C24H26FN5O2S/c1-3-15-30-21(13-14-26-23(32)18-10-6-7-11-19(18)25)28-29-24(30)33-16-22(31)27-20-12-8-5-9-17(20)4-2/h3,5-12H,1,4,13-16H2,2H3,(H,26,32)(H,27,31). The zero-order valence-corrected chi connectivity index (χ0v) is 19.2. The average Bonchev–Trinajstić information content (AvgIpc) is 3.20. The molecule has 0 aliphatic carbocycles. The minimum absolute atomic E-state index is 0.00281. The van der Waals surface area contributed by atoms with Gasteiger partial charge in [-0.2, -0.15) is 0 Å². The summed E-state index contributed by atoms with van der Waals surface area (Å²) in [5.74, 6) is -0.363. The second-order valence-electron chi connectivity index (χ2n) is 7.13. The number of carbonyl (C=O) groups excluding carboxylic acids is 2. The number of rotatable bonds is 11. The first-order valence-corrected chi connectivity index (χ1v) is 11.6. The van der Waals surface area contributed by atoms with Gasteiger partial charge < -0.3 is 15.2 Å². The summed E-state index contributed by atoms with van der Waals surface area (Å²) >= 11 is 1.28. The molecule has 1 aromatic heterocycles. The van der Waals surface area contributed by atoms with Gasteiger partial charge in [-0.3, -0.25) is 9.59 Å². The van der Waals surface area contributed by atoms with Crippen LogP contribution in [-0.2, 0) is 24.2 Å². The van der Waals surface area contributed by atoms with Crippen molar-refractivity contribution < 1.29 is 14.0 Å². The molecule has 0 unspecified atom stereocenters. The van der Waals surface area contributed by atoms with Crippen LogP contribution in [-0.4, -0.2) is 38.9 Å². The Bertz CT molecular complexity index is 1130. The van der Waals surface area contributed by atoms with Gasteiger partial charge in [0, 0.05) is 25.2 Å². The molecule has 0 radical (unpaired) electrons. The third kappa shape index (κ3) is 6.52. The topological polar surface area (TPSA) is 88.9 Å². The van der Waals surface area contributed by atoms with E-state index in [2.05, 4.69) is 27.4 Å². The Hall–Kier alpha value is -3.46. The molecule has 1 heterocycles. The minimum Gasteiger partial charge on any atom is -0.351 e. The van der Waals surface area contributed by atoms with Gasteiger partial charge in [0.2, 0.25) is 5.91 Å². The number of allylic oxidation sites excluding steroid dienone is 1. The molecule has 0 aliphatic heterocycles. The van der Waals surface area contributed by atoms with Gasteiger partial charge in [0.15, 0.2) is 5.16 Å². The molecule has 0 fully saturated rings. The van der Waals surface area contributed by atoms with Crippen molar-refractivity contribution in [1.82, 2.24) is 20.1 Å². The van der Waals surface area contributed by atoms with E-state index in [1.165, 1.54) is 30.0 Å². The lowest BCUT2D eigenvalue weighted by Crippen LogP contribution is -2.27. The van der Waals surface area contributed by atoms with Gasteiger partial charge in [0.25, 0.3) is 5.91 Å². The van der Waals surface area contributed by atoms with E-state index in [0.29, 0.717) is 23.9 Å². The van der Waals surface area contributed by atoms with Crippen molar-refractivity contribution in [1.29, 1.82) is 0 Å². The van der Waals surface area contributed by atoms with Gasteiger partial charge in [-0.05, 0) is 30.2 Å². The van der Waals surface area contributed by atoms with Crippen LogP contribution in [0.5, 0.6) is 0 Å². The maximum absolute atomic E-state index is 13.8. The Morgan fingerprint density at radius 2 is 1.91 bits per heavy atom. The van der Waals surface area contributed by atoms with Gasteiger partial charge >= 0.3 is 0 Å². The Morgan fingerprint density at radius 3 is 2.67 bits per heavy atom. The minimum atomic E-state index is -0.566. The fraction of sp³-hybridized carbons (Fsp3) is 0.250. The molecule has 172 valence electrons. The summed E-state index contributed by atoms with van der Waals surface area (Å²) in [5.41, 5.74) is 1.88. The normalized spacial score (nSPS) is 10.6. The van der Waals surface area contributed by atoms with Crippen molar-refractivity contribution >= 4 is 29.3 Å². The fourth-order valence-electron chi connectivity index (χ4n) is 3.22.